The number of piperazine rings is 1. The van der Waals surface area contributed by atoms with Gasteiger partial charge in [-0.3, -0.25) is 4.79 Å². The number of hydrogen-bond donors (Lipinski definition) is 3. The molecular formula is C21H36IN5O. The van der Waals surface area contributed by atoms with E-state index < -0.39 is 0 Å². The van der Waals surface area contributed by atoms with Gasteiger partial charge < -0.3 is 20.9 Å². The third-order valence-electron chi connectivity index (χ3n) is 4.60. The number of unbranched alkanes of at least 4 members (excludes halogenated alkanes) is 1. The van der Waals surface area contributed by atoms with Crippen LogP contribution in [0.3, 0.4) is 0 Å². The lowest BCUT2D eigenvalue weighted by atomic mass is 10.1. The van der Waals surface area contributed by atoms with Gasteiger partial charge in [-0.05, 0) is 37.0 Å². The van der Waals surface area contributed by atoms with E-state index in [-0.39, 0.29) is 29.9 Å². The Hall–Kier alpha value is -1.51. The van der Waals surface area contributed by atoms with E-state index in [1.807, 2.05) is 0 Å². The van der Waals surface area contributed by atoms with E-state index in [9.17, 15) is 4.79 Å². The number of aliphatic imine (C=N–C) groups is 1. The highest BCUT2D eigenvalue weighted by molar-refractivity contribution is 14.0. The summed E-state index contributed by atoms with van der Waals surface area (Å²) in [5.74, 6) is 1.73. The SMILES string of the molecule is CCNC(=NCc1ccc(N2CCNC(=O)C2)cc1)NCCCCC(C)C.I. The van der Waals surface area contributed by atoms with Gasteiger partial charge in [-0.2, -0.15) is 0 Å². The largest absolute Gasteiger partial charge is 0.360 e. The number of rotatable bonds is 9. The number of carbonyl (C=O) groups is 1. The van der Waals surface area contributed by atoms with Gasteiger partial charge in [0.15, 0.2) is 5.96 Å². The average molecular weight is 501 g/mol. The summed E-state index contributed by atoms with van der Waals surface area (Å²) in [6.07, 6.45) is 3.70. The van der Waals surface area contributed by atoms with Crippen molar-refractivity contribution in [2.45, 2.75) is 46.6 Å². The molecule has 1 aromatic rings. The lowest BCUT2D eigenvalue weighted by Gasteiger charge is -2.28. The molecule has 7 heteroatoms. The molecule has 0 aliphatic carbocycles. The third kappa shape index (κ3) is 9.12. The van der Waals surface area contributed by atoms with E-state index in [4.69, 9.17) is 0 Å². The minimum absolute atomic E-state index is 0. The van der Waals surface area contributed by atoms with Crippen molar-refractivity contribution in [2.75, 3.05) is 37.6 Å². The maximum Gasteiger partial charge on any atom is 0.239 e. The summed E-state index contributed by atoms with van der Waals surface area (Å²) in [5.41, 5.74) is 2.25. The Morgan fingerprint density at radius 2 is 1.96 bits per heavy atom. The van der Waals surface area contributed by atoms with Gasteiger partial charge in [-0.25, -0.2) is 4.99 Å². The molecule has 2 rings (SSSR count). The highest BCUT2D eigenvalue weighted by atomic mass is 127. The minimum atomic E-state index is 0. The number of amides is 1. The molecule has 1 aromatic carbocycles. The van der Waals surface area contributed by atoms with Crippen LogP contribution in [0.2, 0.25) is 0 Å². The number of nitrogens with zero attached hydrogens (tertiary/aromatic N) is 2. The van der Waals surface area contributed by atoms with Gasteiger partial charge in [-0.15, -0.1) is 24.0 Å². The summed E-state index contributed by atoms with van der Waals surface area (Å²) in [5, 5.41) is 9.58. The minimum Gasteiger partial charge on any atom is -0.360 e. The van der Waals surface area contributed by atoms with E-state index in [0.29, 0.717) is 19.6 Å². The molecule has 1 fully saturated rings. The fourth-order valence-electron chi connectivity index (χ4n) is 3.07. The normalized spacial score (nSPS) is 14.5. The highest BCUT2D eigenvalue weighted by Gasteiger charge is 2.16. The number of benzene rings is 1. The van der Waals surface area contributed by atoms with E-state index >= 15 is 0 Å². The van der Waals surface area contributed by atoms with Crippen LogP contribution in [-0.2, 0) is 11.3 Å². The first kappa shape index (κ1) is 24.5. The van der Waals surface area contributed by atoms with E-state index in [1.54, 1.807) is 0 Å². The van der Waals surface area contributed by atoms with Crippen LogP contribution in [-0.4, -0.2) is 44.6 Å². The Labute approximate surface area is 187 Å². The second-order valence-electron chi connectivity index (χ2n) is 7.45. The smallest absolute Gasteiger partial charge is 0.239 e. The summed E-state index contributed by atoms with van der Waals surface area (Å²) in [6.45, 7) is 11.1. The van der Waals surface area contributed by atoms with Gasteiger partial charge in [0.05, 0.1) is 13.1 Å². The van der Waals surface area contributed by atoms with Crippen LogP contribution in [0.4, 0.5) is 5.69 Å². The second-order valence-corrected chi connectivity index (χ2v) is 7.45. The van der Waals surface area contributed by atoms with Crippen molar-refractivity contribution in [1.29, 1.82) is 0 Å². The maximum atomic E-state index is 11.5. The number of halogens is 1. The summed E-state index contributed by atoms with van der Waals surface area (Å²) in [7, 11) is 0. The predicted octanol–water partition coefficient (Wildman–Crippen LogP) is 3.12. The van der Waals surface area contributed by atoms with Gasteiger partial charge in [0.1, 0.15) is 0 Å². The molecule has 0 bridgehead atoms. The molecule has 28 heavy (non-hydrogen) atoms. The Bertz CT molecular complexity index is 603. The Morgan fingerprint density at radius 3 is 2.61 bits per heavy atom. The van der Waals surface area contributed by atoms with Crippen molar-refractivity contribution in [2.24, 2.45) is 10.9 Å². The number of nitrogens with one attached hydrogen (secondary N) is 3. The number of carbonyl (C=O) groups excluding carboxylic acids is 1. The van der Waals surface area contributed by atoms with E-state index in [2.05, 4.69) is 70.9 Å². The summed E-state index contributed by atoms with van der Waals surface area (Å²) >= 11 is 0. The lowest BCUT2D eigenvalue weighted by molar-refractivity contribution is -0.120. The number of guanidine groups is 1. The zero-order chi connectivity index (χ0) is 19.5. The first-order chi connectivity index (χ1) is 13.1. The van der Waals surface area contributed by atoms with Crippen molar-refractivity contribution < 1.29 is 4.79 Å². The maximum absolute atomic E-state index is 11.5. The summed E-state index contributed by atoms with van der Waals surface area (Å²) in [6, 6.07) is 8.35. The summed E-state index contributed by atoms with van der Waals surface area (Å²) < 4.78 is 0. The van der Waals surface area contributed by atoms with Gasteiger partial charge in [0, 0.05) is 31.9 Å². The van der Waals surface area contributed by atoms with Crippen LogP contribution >= 0.6 is 24.0 Å². The zero-order valence-electron chi connectivity index (χ0n) is 17.5. The van der Waals surface area contributed by atoms with Crippen LogP contribution in [0.25, 0.3) is 0 Å². The van der Waals surface area contributed by atoms with Crippen molar-refractivity contribution in [3.8, 4) is 0 Å². The standard InChI is InChI=1S/C21H35N5O.HI/c1-4-22-21(24-12-6-5-7-17(2)3)25-15-18-8-10-19(11-9-18)26-14-13-23-20(27)16-26;/h8-11,17H,4-7,12-16H2,1-3H3,(H,23,27)(H2,22,24,25);1H. The fraction of sp³-hybridized carbons (Fsp3) is 0.619. The number of anilines is 1. The van der Waals surface area contributed by atoms with Crippen LogP contribution in [0.1, 0.15) is 45.6 Å². The average Bonchev–Trinajstić information content (AvgIpc) is 2.66. The molecule has 0 unspecified atom stereocenters. The number of hydrogen-bond acceptors (Lipinski definition) is 3. The first-order valence-corrected chi connectivity index (χ1v) is 10.2. The second kappa shape index (κ2) is 13.6. The van der Waals surface area contributed by atoms with E-state index in [1.165, 1.54) is 19.3 Å². The van der Waals surface area contributed by atoms with Crippen LogP contribution in [0, 0.1) is 5.92 Å². The topological polar surface area (TPSA) is 68.8 Å². The molecule has 158 valence electrons. The van der Waals surface area contributed by atoms with Crippen molar-refractivity contribution >= 4 is 41.5 Å². The highest BCUT2D eigenvalue weighted by Crippen LogP contribution is 2.16. The van der Waals surface area contributed by atoms with E-state index in [0.717, 1.165) is 42.8 Å². The molecule has 1 aliphatic rings. The van der Waals surface area contributed by atoms with Gasteiger partial charge >= 0.3 is 0 Å². The molecule has 1 saturated heterocycles. The van der Waals surface area contributed by atoms with Crippen molar-refractivity contribution in [3.05, 3.63) is 29.8 Å². The molecule has 0 radical (unpaired) electrons. The Kier molecular flexibility index (Phi) is 11.9. The zero-order valence-corrected chi connectivity index (χ0v) is 19.8. The molecule has 0 atom stereocenters. The van der Waals surface area contributed by atoms with Crippen LogP contribution < -0.4 is 20.9 Å². The van der Waals surface area contributed by atoms with Gasteiger partial charge in [0.25, 0.3) is 0 Å². The van der Waals surface area contributed by atoms with Crippen molar-refractivity contribution in [3.63, 3.8) is 0 Å². The van der Waals surface area contributed by atoms with Gasteiger partial charge in [0.2, 0.25) is 5.91 Å². The Balaban J connectivity index is 0.00000392. The monoisotopic (exact) mass is 501 g/mol. The Morgan fingerprint density at radius 1 is 1.21 bits per heavy atom. The quantitative estimate of drug-likeness (QED) is 0.211. The molecule has 3 N–H and O–H groups in total. The first-order valence-electron chi connectivity index (χ1n) is 10.2. The molecule has 0 spiro atoms. The summed E-state index contributed by atoms with van der Waals surface area (Å²) in [4.78, 5) is 18.3. The lowest BCUT2D eigenvalue weighted by Crippen LogP contribution is -2.47. The molecule has 1 heterocycles. The molecule has 0 saturated carbocycles. The fourth-order valence-corrected chi connectivity index (χ4v) is 3.07. The van der Waals surface area contributed by atoms with Crippen LogP contribution in [0.5, 0.6) is 0 Å². The predicted molar refractivity (Wildman–Crippen MR) is 129 cm³/mol. The van der Waals surface area contributed by atoms with Crippen LogP contribution in [0.15, 0.2) is 29.3 Å². The van der Waals surface area contributed by atoms with Crippen molar-refractivity contribution in [1.82, 2.24) is 16.0 Å². The molecular weight excluding hydrogens is 465 g/mol. The molecule has 1 amide bonds. The van der Waals surface area contributed by atoms with Gasteiger partial charge in [-0.1, -0.05) is 38.8 Å². The molecule has 0 aromatic heterocycles. The molecule has 6 nitrogen and oxygen atoms in total. The molecule has 1 aliphatic heterocycles. The third-order valence-corrected chi connectivity index (χ3v) is 4.60.